The molecule has 0 spiro atoms. The number of anilines is 3. The lowest BCUT2D eigenvalue weighted by molar-refractivity contribution is 0.307. The Morgan fingerprint density at radius 1 is 1.14 bits per heavy atom. The molecule has 2 aromatic heterocycles. The van der Waals surface area contributed by atoms with Crippen molar-refractivity contribution in [2.45, 2.75) is 62.4 Å². The lowest BCUT2D eigenvalue weighted by Gasteiger charge is -2.21. The van der Waals surface area contributed by atoms with Crippen LogP contribution in [0.2, 0.25) is 0 Å². The molecule has 2 heterocycles. The van der Waals surface area contributed by atoms with Gasteiger partial charge in [0.15, 0.2) is 0 Å². The summed E-state index contributed by atoms with van der Waals surface area (Å²) in [5.41, 5.74) is 8.08. The van der Waals surface area contributed by atoms with E-state index in [0.29, 0.717) is 23.6 Å². The van der Waals surface area contributed by atoms with Crippen molar-refractivity contribution in [1.29, 1.82) is 0 Å². The summed E-state index contributed by atoms with van der Waals surface area (Å²) < 4.78 is 1.95. The molecule has 0 aliphatic heterocycles. The third kappa shape index (κ3) is 4.81. The van der Waals surface area contributed by atoms with Crippen LogP contribution in [0, 0.1) is 0 Å². The second-order valence-electron chi connectivity index (χ2n) is 7.06. The number of benzene rings is 1. The molecular weight excluding hydrogens is 386 g/mol. The molecule has 9 nitrogen and oxygen atoms in total. The zero-order valence-corrected chi connectivity index (χ0v) is 17.3. The fourth-order valence-electron chi connectivity index (χ4n) is 3.59. The maximum atomic E-state index is 5.92. The van der Waals surface area contributed by atoms with Crippen molar-refractivity contribution in [1.82, 2.24) is 35.2 Å². The molecular formula is C19H25N9S. The smallest absolute Gasteiger partial charge is 0.232 e. The van der Waals surface area contributed by atoms with E-state index in [9.17, 15) is 0 Å². The third-order valence-corrected chi connectivity index (χ3v) is 5.99. The quantitative estimate of drug-likeness (QED) is 0.562. The van der Waals surface area contributed by atoms with Crippen LogP contribution in [0.3, 0.4) is 0 Å². The largest absolute Gasteiger partial charge is 0.368 e. The number of nitrogens with zero attached hydrogens (tertiary/aromatic N) is 7. The lowest BCUT2D eigenvalue weighted by atomic mass is 9.96. The summed E-state index contributed by atoms with van der Waals surface area (Å²) in [6.45, 7) is 2.11. The summed E-state index contributed by atoms with van der Waals surface area (Å²) in [4.78, 5) is 13.0. The Balaban J connectivity index is 1.47. The first kappa shape index (κ1) is 19.6. The highest BCUT2D eigenvalue weighted by Gasteiger charge is 2.20. The molecule has 3 N–H and O–H groups in total. The number of aromatic nitrogens is 7. The molecule has 10 heteroatoms. The number of hydrogen-bond acceptors (Lipinski definition) is 9. The van der Waals surface area contributed by atoms with E-state index in [-0.39, 0.29) is 5.95 Å². The molecule has 0 amide bonds. The van der Waals surface area contributed by atoms with Crippen molar-refractivity contribution in [2.24, 2.45) is 0 Å². The minimum Gasteiger partial charge on any atom is -0.368 e. The van der Waals surface area contributed by atoms with Gasteiger partial charge in [-0.3, -0.25) is 0 Å². The molecule has 1 aliphatic rings. The average molecular weight is 412 g/mol. The highest BCUT2D eigenvalue weighted by Crippen LogP contribution is 2.31. The molecule has 1 saturated carbocycles. The maximum Gasteiger partial charge on any atom is 0.232 e. The fraction of sp³-hybridized carbons (Fsp3) is 0.474. The third-order valence-electron chi connectivity index (χ3n) is 5.06. The van der Waals surface area contributed by atoms with E-state index in [4.69, 9.17) is 5.73 Å². The van der Waals surface area contributed by atoms with E-state index in [1.807, 2.05) is 22.9 Å². The van der Waals surface area contributed by atoms with Crippen LogP contribution in [0.15, 0.2) is 29.4 Å². The van der Waals surface area contributed by atoms with Crippen molar-refractivity contribution >= 4 is 29.3 Å². The van der Waals surface area contributed by atoms with Gasteiger partial charge in [0.2, 0.25) is 17.1 Å². The summed E-state index contributed by atoms with van der Waals surface area (Å²) in [7, 11) is 0. The average Bonchev–Trinajstić information content (AvgIpc) is 3.22. The highest BCUT2D eigenvalue weighted by atomic mass is 32.2. The Hall–Kier alpha value is -2.75. The first-order chi connectivity index (χ1) is 14.2. The van der Waals surface area contributed by atoms with Crippen molar-refractivity contribution in [2.75, 3.05) is 11.1 Å². The number of nitrogens with two attached hydrogens (primary N) is 1. The molecule has 4 rings (SSSR count). The van der Waals surface area contributed by atoms with Crippen LogP contribution in [0.4, 0.5) is 17.6 Å². The van der Waals surface area contributed by atoms with Gasteiger partial charge in [0.05, 0.1) is 11.8 Å². The number of nitrogens with one attached hydrogen (secondary N) is 1. The number of para-hydroxylation sites is 1. The van der Waals surface area contributed by atoms with Crippen molar-refractivity contribution in [3.63, 3.8) is 0 Å². The van der Waals surface area contributed by atoms with Crippen molar-refractivity contribution < 1.29 is 0 Å². The van der Waals surface area contributed by atoms with Gasteiger partial charge >= 0.3 is 0 Å². The molecule has 1 aliphatic carbocycles. The summed E-state index contributed by atoms with van der Waals surface area (Å²) in [5.74, 6) is 1.75. The molecule has 3 aromatic rings. The number of nitrogen functional groups attached to an aromatic ring is 1. The zero-order valence-electron chi connectivity index (χ0n) is 16.5. The van der Waals surface area contributed by atoms with E-state index < -0.39 is 0 Å². The predicted octanol–water partition coefficient (Wildman–Crippen LogP) is 3.54. The highest BCUT2D eigenvalue weighted by molar-refractivity contribution is 7.98. The maximum absolute atomic E-state index is 5.92. The van der Waals surface area contributed by atoms with Gasteiger partial charge < -0.3 is 11.1 Å². The van der Waals surface area contributed by atoms with Gasteiger partial charge in [-0.2, -0.15) is 15.0 Å². The van der Waals surface area contributed by atoms with Gasteiger partial charge in [-0.1, -0.05) is 56.1 Å². The first-order valence-corrected chi connectivity index (χ1v) is 11.0. The second kappa shape index (κ2) is 9.17. The second-order valence-corrected chi connectivity index (χ2v) is 8.00. The van der Waals surface area contributed by atoms with Crippen LogP contribution in [0.25, 0.3) is 0 Å². The van der Waals surface area contributed by atoms with Crippen LogP contribution < -0.4 is 11.1 Å². The number of thioether (sulfide) groups is 1. The van der Waals surface area contributed by atoms with Gasteiger partial charge in [-0.05, 0) is 41.3 Å². The Labute approximate surface area is 173 Å². The van der Waals surface area contributed by atoms with Crippen LogP contribution in [-0.2, 0) is 12.2 Å². The molecule has 1 fully saturated rings. The summed E-state index contributed by atoms with van der Waals surface area (Å²) in [6, 6.07) is 8.46. The molecule has 0 bridgehead atoms. The predicted molar refractivity (Wildman–Crippen MR) is 113 cm³/mol. The molecule has 29 heavy (non-hydrogen) atoms. The van der Waals surface area contributed by atoms with Crippen molar-refractivity contribution in [3.8, 4) is 0 Å². The van der Waals surface area contributed by atoms with E-state index >= 15 is 0 Å². The van der Waals surface area contributed by atoms with Crippen LogP contribution in [0.5, 0.6) is 0 Å². The van der Waals surface area contributed by atoms with Gasteiger partial charge in [0.25, 0.3) is 0 Å². The Bertz CT molecular complexity index is 952. The van der Waals surface area contributed by atoms with E-state index in [0.717, 1.165) is 30.1 Å². The van der Waals surface area contributed by atoms with Crippen LogP contribution >= 0.6 is 11.8 Å². The van der Waals surface area contributed by atoms with Gasteiger partial charge in [0, 0.05) is 5.69 Å². The number of hydrogen-bond donors (Lipinski definition) is 2. The fourth-order valence-corrected chi connectivity index (χ4v) is 4.39. The summed E-state index contributed by atoms with van der Waals surface area (Å²) in [6.07, 6.45) is 6.92. The van der Waals surface area contributed by atoms with Gasteiger partial charge in [0.1, 0.15) is 5.82 Å². The Morgan fingerprint density at radius 3 is 2.79 bits per heavy atom. The number of rotatable bonds is 7. The number of tetrazole rings is 1. The lowest BCUT2D eigenvalue weighted by Crippen LogP contribution is -2.15. The first-order valence-electron chi connectivity index (χ1n) is 9.99. The molecule has 0 atom stereocenters. The van der Waals surface area contributed by atoms with E-state index in [2.05, 4.69) is 48.8 Å². The topological polar surface area (TPSA) is 120 Å². The standard InChI is InChI=1S/C19H25N9S/c1-2-13-8-6-7-11-15(13)21-18-23-16(22-17(20)24-18)12-29-19-25-26-27-28(19)14-9-4-3-5-10-14/h6-8,11,14H,2-5,9-10,12H2,1H3,(H3,20,21,22,23,24). The molecule has 0 radical (unpaired) electrons. The molecule has 1 aromatic carbocycles. The summed E-state index contributed by atoms with van der Waals surface area (Å²) >= 11 is 1.52. The Morgan fingerprint density at radius 2 is 1.97 bits per heavy atom. The minimum atomic E-state index is 0.193. The number of aryl methyl sites for hydroxylation is 1. The zero-order chi connectivity index (χ0) is 20.1. The summed E-state index contributed by atoms with van der Waals surface area (Å²) in [5, 5.41) is 16.3. The van der Waals surface area contributed by atoms with Crippen LogP contribution in [-0.4, -0.2) is 35.2 Å². The van der Waals surface area contributed by atoms with Crippen molar-refractivity contribution in [3.05, 3.63) is 35.7 Å². The van der Waals surface area contributed by atoms with E-state index in [1.54, 1.807) is 0 Å². The normalized spacial score (nSPS) is 14.8. The van der Waals surface area contributed by atoms with E-state index in [1.165, 1.54) is 36.6 Å². The molecule has 152 valence electrons. The molecule has 0 saturated heterocycles. The molecule has 0 unspecified atom stereocenters. The minimum absolute atomic E-state index is 0.193. The SMILES string of the molecule is CCc1ccccc1Nc1nc(N)nc(CSc2nnnn2C2CCCCC2)n1. The van der Waals surface area contributed by atoms with Gasteiger partial charge in [-0.25, -0.2) is 4.68 Å². The van der Waals surface area contributed by atoms with Crippen LogP contribution in [0.1, 0.15) is 56.5 Å². The Kier molecular flexibility index (Phi) is 6.18. The monoisotopic (exact) mass is 411 g/mol. The van der Waals surface area contributed by atoms with Gasteiger partial charge in [-0.15, -0.1) is 5.10 Å².